The number of aliphatic carboxylic acids is 1. The lowest BCUT2D eigenvalue weighted by Gasteiger charge is -2.43. The predicted octanol–water partition coefficient (Wildman–Crippen LogP) is 3.64. The Morgan fingerprint density at radius 1 is 1.06 bits per heavy atom. The molecule has 8 heteroatoms. The standard InChI is InChI=1S/C27H32N2O6/c1-4-27(16-34-3,25(32)29(2)18-13-17(14-18)24(30)31)28-26(33)35-15-23-21-11-7-5-9-19(21)20-10-6-8-12-22(20)23/h5-12,17-18,23H,4,13-16H2,1-3H3,(H,28,33)(H,30,31). The molecular formula is C27H32N2O6. The zero-order valence-electron chi connectivity index (χ0n) is 20.3. The first-order valence-electron chi connectivity index (χ1n) is 11.9. The summed E-state index contributed by atoms with van der Waals surface area (Å²) in [4.78, 5) is 39.1. The van der Waals surface area contributed by atoms with Crippen LogP contribution in [-0.2, 0) is 19.1 Å². The molecule has 0 radical (unpaired) electrons. The lowest BCUT2D eigenvalue weighted by molar-refractivity contribution is -0.153. The number of nitrogens with one attached hydrogen (secondary N) is 1. The summed E-state index contributed by atoms with van der Waals surface area (Å²) in [6.45, 7) is 1.92. The summed E-state index contributed by atoms with van der Waals surface area (Å²) >= 11 is 0. The first kappa shape index (κ1) is 24.7. The molecule has 1 atom stereocenters. The van der Waals surface area contributed by atoms with Crippen molar-refractivity contribution in [3.05, 3.63) is 59.7 Å². The van der Waals surface area contributed by atoms with Crippen LogP contribution in [0.1, 0.15) is 43.2 Å². The van der Waals surface area contributed by atoms with E-state index in [-0.39, 0.29) is 31.1 Å². The van der Waals surface area contributed by atoms with Gasteiger partial charge in [0, 0.05) is 26.1 Å². The van der Waals surface area contributed by atoms with Gasteiger partial charge in [-0.15, -0.1) is 0 Å². The molecule has 2 N–H and O–H groups in total. The van der Waals surface area contributed by atoms with Crippen LogP contribution < -0.4 is 5.32 Å². The summed E-state index contributed by atoms with van der Waals surface area (Å²) in [5.74, 6) is -1.70. The summed E-state index contributed by atoms with van der Waals surface area (Å²) in [7, 11) is 3.12. The van der Waals surface area contributed by atoms with Gasteiger partial charge in [-0.2, -0.15) is 0 Å². The minimum atomic E-state index is -1.31. The number of carbonyl (C=O) groups excluding carboxylic acids is 2. The Bertz CT molecular complexity index is 1070. The van der Waals surface area contributed by atoms with Crippen molar-refractivity contribution in [2.45, 2.75) is 43.7 Å². The van der Waals surface area contributed by atoms with Gasteiger partial charge in [-0.3, -0.25) is 9.59 Å². The number of ether oxygens (including phenoxy) is 2. The molecule has 4 rings (SSSR count). The van der Waals surface area contributed by atoms with Crippen molar-refractivity contribution in [2.24, 2.45) is 5.92 Å². The van der Waals surface area contributed by atoms with E-state index in [1.165, 1.54) is 12.0 Å². The fourth-order valence-electron chi connectivity index (χ4n) is 5.18. The zero-order chi connectivity index (χ0) is 25.2. The molecule has 186 valence electrons. The monoisotopic (exact) mass is 480 g/mol. The van der Waals surface area contributed by atoms with Crippen LogP contribution >= 0.6 is 0 Å². The van der Waals surface area contributed by atoms with Crippen molar-refractivity contribution in [1.82, 2.24) is 10.2 Å². The molecule has 1 fully saturated rings. The largest absolute Gasteiger partial charge is 0.481 e. The average Bonchev–Trinajstić information content (AvgIpc) is 3.14. The fraction of sp³-hybridized carbons (Fsp3) is 0.444. The second-order valence-corrected chi connectivity index (χ2v) is 9.40. The molecule has 0 saturated heterocycles. The highest BCUT2D eigenvalue weighted by Crippen LogP contribution is 2.44. The predicted molar refractivity (Wildman–Crippen MR) is 130 cm³/mol. The van der Waals surface area contributed by atoms with Crippen molar-refractivity contribution >= 4 is 18.0 Å². The Hall–Kier alpha value is -3.39. The number of benzene rings is 2. The number of amides is 2. The molecule has 0 bridgehead atoms. The number of rotatable bonds is 9. The van der Waals surface area contributed by atoms with E-state index in [1.54, 1.807) is 14.0 Å². The maximum absolute atomic E-state index is 13.4. The quantitative estimate of drug-likeness (QED) is 0.568. The van der Waals surface area contributed by atoms with Crippen molar-refractivity contribution in [3.8, 4) is 11.1 Å². The van der Waals surface area contributed by atoms with Gasteiger partial charge in [-0.1, -0.05) is 55.5 Å². The van der Waals surface area contributed by atoms with Crippen LogP contribution in [0.5, 0.6) is 0 Å². The molecule has 1 unspecified atom stereocenters. The van der Waals surface area contributed by atoms with E-state index in [2.05, 4.69) is 17.4 Å². The highest BCUT2D eigenvalue weighted by Gasteiger charge is 2.46. The van der Waals surface area contributed by atoms with Crippen LogP contribution in [0.4, 0.5) is 4.79 Å². The Morgan fingerprint density at radius 2 is 1.63 bits per heavy atom. The molecule has 35 heavy (non-hydrogen) atoms. The molecule has 2 amide bonds. The molecule has 2 aromatic carbocycles. The maximum Gasteiger partial charge on any atom is 0.408 e. The van der Waals surface area contributed by atoms with Crippen LogP contribution in [0.2, 0.25) is 0 Å². The second-order valence-electron chi connectivity index (χ2n) is 9.40. The molecule has 1 saturated carbocycles. The molecule has 8 nitrogen and oxygen atoms in total. The summed E-state index contributed by atoms with van der Waals surface area (Å²) in [5.41, 5.74) is 3.18. The van der Waals surface area contributed by atoms with Crippen molar-refractivity contribution < 1.29 is 29.0 Å². The van der Waals surface area contributed by atoms with Gasteiger partial charge in [-0.25, -0.2) is 4.79 Å². The van der Waals surface area contributed by atoms with Crippen molar-refractivity contribution in [1.29, 1.82) is 0 Å². The van der Waals surface area contributed by atoms with E-state index in [0.29, 0.717) is 19.3 Å². The van der Waals surface area contributed by atoms with Gasteiger partial charge in [0.05, 0.1) is 12.5 Å². The minimum absolute atomic E-state index is 0.0219. The summed E-state index contributed by atoms with van der Waals surface area (Å²) in [5, 5.41) is 11.9. The third-order valence-corrected chi connectivity index (χ3v) is 7.42. The Labute approximate surface area is 205 Å². The second kappa shape index (κ2) is 10.1. The van der Waals surface area contributed by atoms with E-state index < -0.39 is 23.5 Å². The lowest BCUT2D eigenvalue weighted by atomic mass is 9.78. The molecule has 2 aliphatic carbocycles. The van der Waals surface area contributed by atoms with Crippen LogP contribution in [-0.4, -0.2) is 66.9 Å². The summed E-state index contributed by atoms with van der Waals surface area (Å²) < 4.78 is 11.0. The van der Waals surface area contributed by atoms with Gasteiger partial charge in [0.2, 0.25) is 0 Å². The van der Waals surface area contributed by atoms with E-state index >= 15 is 0 Å². The number of hydrogen-bond acceptors (Lipinski definition) is 5. The SMILES string of the molecule is CCC(COC)(NC(=O)OCC1c2ccccc2-c2ccccc21)C(=O)N(C)C1CC(C(=O)O)C1. The van der Waals surface area contributed by atoms with Gasteiger partial charge >= 0.3 is 12.1 Å². The molecular weight excluding hydrogens is 448 g/mol. The lowest BCUT2D eigenvalue weighted by Crippen LogP contribution is -2.64. The number of carboxylic acids is 1. The van der Waals surface area contributed by atoms with Crippen molar-refractivity contribution in [2.75, 3.05) is 27.4 Å². The minimum Gasteiger partial charge on any atom is -0.481 e. The summed E-state index contributed by atoms with van der Waals surface area (Å²) in [6.07, 6.45) is 0.401. The van der Waals surface area contributed by atoms with E-state index in [0.717, 1.165) is 22.3 Å². The average molecular weight is 481 g/mol. The van der Waals surface area contributed by atoms with Gasteiger partial charge in [0.25, 0.3) is 5.91 Å². The van der Waals surface area contributed by atoms with Crippen LogP contribution in [0.25, 0.3) is 11.1 Å². The number of methoxy groups -OCH3 is 1. The third-order valence-electron chi connectivity index (χ3n) is 7.42. The highest BCUT2D eigenvalue weighted by atomic mass is 16.5. The maximum atomic E-state index is 13.4. The molecule has 0 heterocycles. The Balaban J connectivity index is 1.45. The number of alkyl carbamates (subject to hydrolysis) is 1. The fourth-order valence-corrected chi connectivity index (χ4v) is 5.18. The van der Waals surface area contributed by atoms with Crippen LogP contribution in [0.3, 0.4) is 0 Å². The van der Waals surface area contributed by atoms with Gasteiger partial charge in [0.1, 0.15) is 12.1 Å². The van der Waals surface area contributed by atoms with Gasteiger partial charge in [0.15, 0.2) is 0 Å². The first-order chi connectivity index (χ1) is 16.8. The topological polar surface area (TPSA) is 105 Å². The van der Waals surface area contributed by atoms with Crippen LogP contribution in [0, 0.1) is 5.92 Å². The number of nitrogens with zero attached hydrogens (tertiary/aromatic N) is 1. The third kappa shape index (κ3) is 4.62. The van der Waals surface area contributed by atoms with Crippen molar-refractivity contribution in [3.63, 3.8) is 0 Å². The number of fused-ring (bicyclic) bond motifs is 3. The van der Waals surface area contributed by atoms with Gasteiger partial charge < -0.3 is 24.8 Å². The normalized spacial score (nSPS) is 20.1. The van der Waals surface area contributed by atoms with Gasteiger partial charge in [-0.05, 0) is 41.5 Å². The summed E-state index contributed by atoms with van der Waals surface area (Å²) in [6, 6.07) is 16.0. The van der Waals surface area contributed by atoms with E-state index in [4.69, 9.17) is 14.6 Å². The number of likely N-dealkylation sites (N-methyl/N-ethyl adjacent to an activating group) is 1. The number of carbonyl (C=O) groups is 3. The highest BCUT2D eigenvalue weighted by molar-refractivity contribution is 5.90. The number of carboxylic acid groups (broad SMARTS) is 1. The molecule has 0 aromatic heterocycles. The smallest absolute Gasteiger partial charge is 0.408 e. The zero-order valence-corrected chi connectivity index (χ0v) is 20.3. The number of hydrogen-bond donors (Lipinski definition) is 2. The van der Waals surface area contributed by atoms with E-state index in [1.807, 2.05) is 36.4 Å². The van der Waals surface area contributed by atoms with E-state index in [9.17, 15) is 14.4 Å². The Morgan fingerprint density at radius 3 is 2.14 bits per heavy atom. The molecule has 0 aliphatic heterocycles. The molecule has 2 aliphatic rings. The Kier molecular flexibility index (Phi) is 7.12. The first-order valence-corrected chi connectivity index (χ1v) is 11.9. The molecule has 0 spiro atoms. The van der Waals surface area contributed by atoms with Crippen LogP contribution in [0.15, 0.2) is 48.5 Å². The molecule has 2 aromatic rings.